The fourth-order valence-electron chi connectivity index (χ4n) is 3.25. The summed E-state index contributed by atoms with van der Waals surface area (Å²) in [6.45, 7) is 2.36. The second-order valence-corrected chi connectivity index (χ2v) is 6.49. The standard InChI is InChI=1S/C21H18N4O3/c1-2-10-25-18-16(20(27)24-21(25)28)11-14(12-22-18)19(26)23-17-9-5-7-13-6-3-4-8-15(13)17/h3-9,11-12H,2,10H2,1H3,(H,23,26)(H,24,27,28). The highest BCUT2D eigenvalue weighted by Gasteiger charge is 2.14. The Labute approximate surface area is 159 Å². The molecule has 0 saturated carbocycles. The number of aromatic nitrogens is 3. The van der Waals surface area contributed by atoms with E-state index in [1.807, 2.05) is 49.4 Å². The van der Waals surface area contributed by atoms with E-state index in [4.69, 9.17) is 0 Å². The van der Waals surface area contributed by atoms with Crippen molar-refractivity contribution >= 4 is 33.4 Å². The van der Waals surface area contributed by atoms with Gasteiger partial charge in [0, 0.05) is 23.8 Å². The van der Waals surface area contributed by atoms with Gasteiger partial charge in [-0.15, -0.1) is 0 Å². The molecule has 2 N–H and O–H groups in total. The predicted octanol–water partition coefficient (Wildman–Crippen LogP) is 2.90. The van der Waals surface area contributed by atoms with E-state index in [0.717, 1.165) is 10.8 Å². The molecule has 0 fully saturated rings. The molecule has 0 atom stereocenters. The molecule has 1 amide bonds. The molecule has 28 heavy (non-hydrogen) atoms. The fraction of sp³-hybridized carbons (Fsp3) is 0.143. The smallest absolute Gasteiger partial charge is 0.321 e. The molecule has 2 aromatic carbocycles. The van der Waals surface area contributed by atoms with E-state index in [2.05, 4.69) is 15.3 Å². The molecule has 2 aromatic heterocycles. The van der Waals surface area contributed by atoms with Crippen molar-refractivity contribution in [1.29, 1.82) is 0 Å². The third kappa shape index (κ3) is 3.07. The lowest BCUT2D eigenvalue weighted by Crippen LogP contribution is -2.31. The summed E-state index contributed by atoms with van der Waals surface area (Å²) in [4.78, 5) is 43.5. The van der Waals surface area contributed by atoms with Crippen molar-refractivity contribution in [2.75, 3.05) is 5.32 Å². The quantitative estimate of drug-likeness (QED) is 0.574. The number of H-pyrrole nitrogens is 1. The van der Waals surface area contributed by atoms with E-state index >= 15 is 0 Å². The van der Waals surface area contributed by atoms with Crippen LogP contribution in [-0.4, -0.2) is 20.4 Å². The zero-order chi connectivity index (χ0) is 19.7. The third-order valence-corrected chi connectivity index (χ3v) is 4.58. The van der Waals surface area contributed by atoms with Gasteiger partial charge < -0.3 is 5.32 Å². The van der Waals surface area contributed by atoms with E-state index in [0.29, 0.717) is 18.7 Å². The lowest BCUT2D eigenvalue weighted by atomic mass is 10.1. The van der Waals surface area contributed by atoms with E-state index in [9.17, 15) is 14.4 Å². The van der Waals surface area contributed by atoms with Gasteiger partial charge in [0.1, 0.15) is 5.65 Å². The molecule has 4 rings (SSSR count). The minimum absolute atomic E-state index is 0.207. The van der Waals surface area contributed by atoms with Crippen molar-refractivity contribution in [2.24, 2.45) is 0 Å². The molecule has 0 aliphatic rings. The molecule has 0 aliphatic heterocycles. The van der Waals surface area contributed by atoms with Crippen molar-refractivity contribution in [3.05, 3.63) is 81.1 Å². The second kappa shape index (κ2) is 7.11. The SMILES string of the molecule is CCCn1c(=O)[nH]c(=O)c2cc(C(=O)Nc3cccc4ccccc34)cnc21. The van der Waals surface area contributed by atoms with Crippen LogP contribution in [0.15, 0.2) is 64.3 Å². The Morgan fingerprint density at radius 3 is 2.71 bits per heavy atom. The molecule has 4 aromatic rings. The summed E-state index contributed by atoms with van der Waals surface area (Å²) in [5.41, 5.74) is 0.137. The van der Waals surface area contributed by atoms with Crippen LogP contribution in [0, 0.1) is 0 Å². The number of rotatable bonds is 4. The number of fused-ring (bicyclic) bond motifs is 2. The Morgan fingerprint density at radius 2 is 1.89 bits per heavy atom. The number of aryl methyl sites for hydroxylation is 1. The number of nitrogens with one attached hydrogen (secondary N) is 2. The van der Waals surface area contributed by atoms with Crippen LogP contribution in [0.5, 0.6) is 0 Å². The molecule has 0 spiro atoms. The van der Waals surface area contributed by atoms with Crippen LogP contribution in [-0.2, 0) is 6.54 Å². The summed E-state index contributed by atoms with van der Waals surface area (Å²) in [7, 11) is 0. The number of amides is 1. The first kappa shape index (κ1) is 17.7. The molecule has 0 aliphatic carbocycles. The first-order valence-electron chi connectivity index (χ1n) is 9.00. The summed E-state index contributed by atoms with van der Waals surface area (Å²) >= 11 is 0. The molecule has 7 heteroatoms. The molecule has 0 unspecified atom stereocenters. The van der Waals surface area contributed by atoms with Crippen molar-refractivity contribution in [3.63, 3.8) is 0 Å². The number of hydrogen-bond acceptors (Lipinski definition) is 4. The van der Waals surface area contributed by atoms with E-state index in [1.165, 1.54) is 16.8 Å². The zero-order valence-corrected chi connectivity index (χ0v) is 15.2. The van der Waals surface area contributed by atoms with E-state index in [1.54, 1.807) is 0 Å². The Bertz CT molecular complexity index is 1320. The summed E-state index contributed by atoms with van der Waals surface area (Å²) in [6, 6.07) is 14.9. The molecule has 0 radical (unpaired) electrons. The Kier molecular flexibility index (Phi) is 4.49. The topological polar surface area (TPSA) is 96.9 Å². The maximum atomic E-state index is 12.8. The minimum Gasteiger partial charge on any atom is -0.321 e. The van der Waals surface area contributed by atoms with Crippen LogP contribution in [0.1, 0.15) is 23.7 Å². The highest BCUT2D eigenvalue weighted by atomic mass is 16.2. The molecular formula is C21H18N4O3. The summed E-state index contributed by atoms with van der Waals surface area (Å²) in [5, 5.41) is 5.01. The number of aromatic amines is 1. The number of benzene rings is 2. The zero-order valence-electron chi connectivity index (χ0n) is 15.2. The van der Waals surface area contributed by atoms with Gasteiger partial charge in [-0.2, -0.15) is 0 Å². The van der Waals surface area contributed by atoms with Crippen LogP contribution in [0.2, 0.25) is 0 Å². The van der Waals surface area contributed by atoms with Crippen LogP contribution in [0.25, 0.3) is 21.8 Å². The predicted molar refractivity (Wildman–Crippen MR) is 109 cm³/mol. The van der Waals surface area contributed by atoms with Crippen LogP contribution in [0.3, 0.4) is 0 Å². The van der Waals surface area contributed by atoms with Gasteiger partial charge in [-0.05, 0) is 23.9 Å². The van der Waals surface area contributed by atoms with Gasteiger partial charge in [-0.25, -0.2) is 9.78 Å². The molecule has 0 bridgehead atoms. The van der Waals surface area contributed by atoms with Gasteiger partial charge in [-0.1, -0.05) is 43.3 Å². The maximum absolute atomic E-state index is 12.8. The van der Waals surface area contributed by atoms with Crippen molar-refractivity contribution in [1.82, 2.24) is 14.5 Å². The summed E-state index contributed by atoms with van der Waals surface area (Å²) in [5.74, 6) is -0.376. The normalized spacial score (nSPS) is 11.0. The highest BCUT2D eigenvalue weighted by molar-refractivity contribution is 6.09. The Hall–Kier alpha value is -3.74. The second-order valence-electron chi connectivity index (χ2n) is 6.49. The van der Waals surface area contributed by atoms with Crippen LogP contribution in [0.4, 0.5) is 5.69 Å². The Morgan fingerprint density at radius 1 is 1.11 bits per heavy atom. The first-order chi connectivity index (χ1) is 13.6. The molecular weight excluding hydrogens is 356 g/mol. The monoisotopic (exact) mass is 374 g/mol. The van der Waals surface area contributed by atoms with Crippen molar-refractivity contribution in [3.8, 4) is 0 Å². The van der Waals surface area contributed by atoms with Gasteiger partial charge >= 0.3 is 5.69 Å². The van der Waals surface area contributed by atoms with Gasteiger partial charge in [0.25, 0.3) is 11.5 Å². The first-order valence-corrected chi connectivity index (χ1v) is 9.00. The van der Waals surface area contributed by atoms with Crippen molar-refractivity contribution < 1.29 is 4.79 Å². The molecule has 7 nitrogen and oxygen atoms in total. The highest BCUT2D eigenvalue weighted by Crippen LogP contribution is 2.23. The summed E-state index contributed by atoms with van der Waals surface area (Å²) < 4.78 is 1.41. The fourth-order valence-corrected chi connectivity index (χ4v) is 3.25. The number of carbonyl (C=O) groups excluding carboxylic acids is 1. The minimum atomic E-state index is -0.556. The van der Waals surface area contributed by atoms with Crippen molar-refractivity contribution in [2.45, 2.75) is 19.9 Å². The number of pyridine rings is 1. The van der Waals surface area contributed by atoms with Gasteiger partial charge in [0.05, 0.1) is 10.9 Å². The largest absolute Gasteiger partial charge is 0.329 e. The van der Waals surface area contributed by atoms with Crippen LogP contribution >= 0.6 is 0 Å². The summed E-state index contributed by atoms with van der Waals surface area (Å²) in [6.07, 6.45) is 2.10. The third-order valence-electron chi connectivity index (χ3n) is 4.58. The lowest BCUT2D eigenvalue weighted by molar-refractivity contribution is 0.102. The van der Waals surface area contributed by atoms with E-state index < -0.39 is 11.2 Å². The van der Waals surface area contributed by atoms with Gasteiger partial charge in [0.2, 0.25) is 0 Å². The van der Waals surface area contributed by atoms with Gasteiger partial charge in [0.15, 0.2) is 0 Å². The molecule has 0 saturated heterocycles. The number of anilines is 1. The van der Waals surface area contributed by atoms with Gasteiger partial charge in [-0.3, -0.25) is 19.1 Å². The average molecular weight is 374 g/mol. The maximum Gasteiger partial charge on any atom is 0.329 e. The lowest BCUT2D eigenvalue weighted by Gasteiger charge is -2.10. The molecule has 2 heterocycles. The van der Waals surface area contributed by atoms with Crippen LogP contribution < -0.4 is 16.6 Å². The van der Waals surface area contributed by atoms with E-state index in [-0.39, 0.29) is 22.5 Å². The average Bonchev–Trinajstić information content (AvgIpc) is 2.71. The number of nitrogens with zero attached hydrogens (tertiary/aromatic N) is 2. The number of carbonyl (C=O) groups is 1. The molecule has 140 valence electrons. The Balaban J connectivity index is 1.76. The number of hydrogen-bond donors (Lipinski definition) is 2.